The van der Waals surface area contributed by atoms with E-state index in [-0.39, 0.29) is 0 Å². The second kappa shape index (κ2) is 8.42. The lowest BCUT2D eigenvalue weighted by Gasteiger charge is -2.03. The Balaban J connectivity index is 1.50. The van der Waals surface area contributed by atoms with E-state index in [0.717, 1.165) is 18.0 Å². The van der Waals surface area contributed by atoms with Crippen LogP contribution in [0.15, 0.2) is 0 Å². The molecule has 0 aromatic carbocycles. The second-order valence-electron chi connectivity index (χ2n) is 4.42. The number of hydrogen-bond acceptors (Lipinski definition) is 7. The third-order valence-corrected chi connectivity index (χ3v) is 3.49. The van der Waals surface area contributed by atoms with E-state index in [1.165, 1.54) is 24.2 Å². The maximum Gasteiger partial charge on any atom is 0.294 e. The standard InChI is InChI=1S/C12H21N3O3S/c1-16-7-8-17-5-2-6-18-12-15-14-11(19-12)9-13-10-3-4-10/h10,13H,2-9H2,1H3. The summed E-state index contributed by atoms with van der Waals surface area (Å²) < 4.78 is 15.7. The Morgan fingerprint density at radius 2 is 2.11 bits per heavy atom. The van der Waals surface area contributed by atoms with Crippen molar-refractivity contribution >= 4 is 11.3 Å². The Morgan fingerprint density at radius 1 is 1.21 bits per heavy atom. The van der Waals surface area contributed by atoms with E-state index in [4.69, 9.17) is 14.2 Å². The van der Waals surface area contributed by atoms with Crippen LogP contribution in [-0.4, -0.2) is 49.8 Å². The molecule has 0 atom stereocenters. The van der Waals surface area contributed by atoms with Gasteiger partial charge >= 0.3 is 0 Å². The highest BCUT2D eigenvalue weighted by Crippen LogP contribution is 2.21. The lowest BCUT2D eigenvalue weighted by molar-refractivity contribution is 0.0644. The molecular formula is C12H21N3O3S. The summed E-state index contributed by atoms with van der Waals surface area (Å²) in [5.41, 5.74) is 0. The van der Waals surface area contributed by atoms with Crippen LogP contribution >= 0.6 is 11.3 Å². The van der Waals surface area contributed by atoms with Crippen LogP contribution < -0.4 is 10.1 Å². The number of methoxy groups -OCH3 is 1. The van der Waals surface area contributed by atoms with Crippen LogP contribution in [0.3, 0.4) is 0 Å². The van der Waals surface area contributed by atoms with E-state index in [1.807, 2.05) is 0 Å². The highest BCUT2D eigenvalue weighted by atomic mass is 32.1. The van der Waals surface area contributed by atoms with E-state index >= 15 is 0 Å². The third kappa shape index (κ3) is 6.29. The third-order valence-electron chi connectivity index (χ3n) is 2.66. The highest BCUT2D eigenvalue weighted by Gasteiger charge is 2.20. The van der Waals surface area contributed by atoms with Crippen LogP contribution in [0.2, 0.25) is 0 Å². The van der Waals surface area contributed by atoms with Crippen LogP contribution in [0, 0.1) is 0 Å². The van der Waals surface area contributed by atoms with Crippen LogP contribution in [0.4, 0.5) is 0 Å². The van der Waals surface area contributed by atoms with Gasteiger partial charge in [0.05, 0.1) is 26.4 Å². The van der Waals surface area contributed by atoms with Crippen molar-refractivity contribution in [1.82, 2.24) is 15.5 Å². The Hall–Kier alpha value is -0.760. The van der Waals surface area contributed by atoms with Crippen LogP contribution in [0.5, 0.6) is 5.19 Å². The normalized spacial score (nSPS) is 14.8. The summed E-state index contributed by atoms with van der Waals surface area (Å²) in [5.74, 6) is 0. The fourth-order valence-electron chi connectivity index (χ4n) is 1.45. The van der Waals surface area contributed by atoms with Gasteiger partial charge in [-0.1, -0.05) is 11.3 Å². The summed E-state index contributed by atoms with van der Waals surface area (Å²) in [6.45, 7) is 3.35. The van der Waals surface area contributed by atoms with Crippen molar-refractivity contribution in [3.8, 4) is 5.19 Å². The van der Waals surface area contributed by atoms with Crippen molar-refractivity contribution in [2.75, 3.05) is 33.5 Å². The van der Waals surface area contributed by atoms with Gasteiger partial charge in [0.2, 0.25) is 0 Å². The van der Waals surface area contributed by atoms with E-state index in [1.54, 1.807) is 7.11 Å². The van der Waals surface area contributed by atoms with Gasteiger partial charge in [-0.15, -0.1) is 10.2 Å². The summed E-state index contributed by atoms with van der Waals surface area (Å²) in [7, 11) is 1.66. The monoisotopic (exact) mass is 287 g/mol. The summed E-state index contributed by atoms with van der Waals surface area (Å²) in [4.78, 5) is 0. The molecule has 0 saturated heterocycles. The minimum Gasteiger partial charge on any atom is -0.469 e. The molecule has 0 spiro atoms. The smallest absolute Gasteiger partial charge is 0.294 e. The van der Waals surface area contributed by atoms with Crippen LogP contribution in [-0.2, 0) is 16.0 Å². The van der Waals surface area contributed by atoms with E-state index < -0.39 is 0 Å². The van der Waals surface area contributed by atoms with Crippen molar-refractivity contribution in [2.24, 2.45) is 0 Å². The Morgan fingerprint density at radius 3 is 2.89 bits per heavy atom. The molecule has 1 saturated carbocycles. The lowest BCUT2D eigenvalue weighted by Crippen LogP contribution is -2.14. The molecule has 0 bridgehead atoms. The zero-order chi connectivity index (χ0) is 13.3. The van der Waals surface area contributed by atoms with Crippen LogP contribution in [0.25, 0.3) is 0 Å². The van der Waals surface area contributed by atoms with Gasteiger partial charge in [-0.2, -0.15) is 0 Å². The van der Waals surface area contributed by atoms with Crippen molar-refractivity contribution in [2.45, 2.75) is 31.8 Å². The molecule has 0 amide bonds. The molecule has 1 fully saturated rings. The average Bonchev–Trinajstić information content (AvgIpc) is 3.15. The van der Waals surface area contributed by atoms with Crippen molar-refractivity contribution in [1.29, 1.82) is 0 Å². The molecule has 0 aliphatic heterocycles. The maximum atomic E-state index is 5.52. The molecular weight excluding hydrogens is 266 g/mol. The molecule has 1 aromatic rings. The van der Waals surface area contributed by atoms with Gasteiger partial charge in [-0.25, -0.2) is 0 Å². The number of ether oxygens (including phenoxy) is 3. The number of hydrogen-bond donors (Lipinski definition) is 1. The topological polar surface area (TPSA) is 65.5 Å². The molecule has 1 N–H and O–H groups in total. The minimum atomic E-state index is 0.609. The van der Waals surface area contributed by atoms with Crippen molar-refractivity contribution < 1.29 is 14.2 Å². The Bertz CT molecular complexity index is 358. The van der Waals surface area contributed by atoms with E-state index in [0.29, 0.717) is 37.7 Å². The minimum absolute atomic E-state index is 0.609. The zero-order valence-corrected chi connectivity index (χ0v) is 12.1. The summed E-state index contributed by atoms with van der Waals surface area (Å²) >= 11 is 1.51. The fraction of sp³-hybridized carbons (Fsp3) is 0.833. The van der Waals surface area contributed by atoms with Gasteiger partial charge in [0.25, 0.3) is 5.19 Å². The predicted molar refractivity (Wildman–Crippen MR) is 72.6 cm³/mol. The first-order valence-electron chi connectivity index (χ1n) is 6.63. The molecule has 1 aliphatic rings. The number of nitrogens with one attached hydrogen (secondary N) is 1. The Labute approximate surface area is 117 Å². The van der Waals surface area contributed by atoms with E-state index in [9.17, 15) is 0 Å². The molecule has 108 valence electrons. The quantitative estimate of drug-likeness (QED) is 0.617. The molecule has 1 aromatic heterocycles. The van der Waals surface area contributed by atoms with Gasteiger partial charge < -0.3 is 19.5 Å². The maximum absolute atomic E-state index is 5.52. The molecule has 19 heavy (non-hydrogen) atoms. The van der Waals surface area contributed by atoms with Crippen LogP contribution in [0.1, 0.15) is 24.3 Å². The molecule has 2 rings (SSSR count). The molecule has 6 nitrogen and oxygen atoms in total. The average molecular weight is 287 g/mol. The van der Waals surface area contributed by atoms with Crippen molar-refractivity contribution in [3.63, 3.8) is 0 Å². The first kappa shape index (κ1) is 14.6. The second-order valence-corrected chi connectivity index (χ2v) is 5.45. The largest absolute Gasteiger partial charge is 0.469 e. The number of aromatic nitrogens is 2. The molecule has 7 heteroatoms. The molecule has 0 radical (unpaired) electrons. The fourth-order valence-corrected chi connectivity index (χ4v) is 2.11. The van der Waals surface area contributed by atoms with Gasteiger partial charge in [-0.3, -0.25) is 0 Å². The molecule has 1 heterocycles. The van der Waals surface area contributed by atoms with Gasteiger partial charge in [0.1, 0.15) is 5.01 Å². The number of nitrogens with zero attached hydrogens (tertiary/aromatic N) is 2. The zero-order valence-electron chi connectivity index (χ0n) is 11.3. The Kier molecular flexibility index (Phi) is 6.49. The summed E-state index contributed by atoms with van der Waals surface area (Å²) in [6.07, 6.45) is 3.41. The highest BCUT2D eigenvalue weighted by molar-refractivity contribution is 7.13. The molecule has 1 aliphatic carbocycles. The van der Waals surface area contributed by atoms with Gasteiger partial charge in [0, 0.05) is 26.2 Å². The van der Waals surface area contributed by atoms with Gasteiger partial charge in [-0.05, 0) is 12.8 Å². The first-order chi connectivity index (χ1) is 9.38. The first-order valence-corrected chi connectivity index (χ1v) is 7.45. The molecule has 0 unspecified atom stereocenters. The summed E-state index contributed by atoms with van der Waals surface area (Å²) in [6, 6.07) is 0.692. The van der Waals surface area contributed by atoms with Crippen molar-refractivity contribution in [3.05, 3.63) is 5.01 Å². The summed E-state index contributed by atoms with van der Waals surface area (Å²) in [5, 5.41) is 13.1. The van der Waals surface area contributed by atoms with E-state index in [2.05, 4.69) is 15.5 Å². The lowest BCUT2D eigenvalue weighted by atomic mass is 10.5. The van der Waals surface area contributed by atoms with Gasteiger partial charge in [0.15, 0.2) is 0 Å². The SMILES string of the molecule is COCCOCCCOc1nnc(CNC2CC2)s1. The number of rotatable bonds is 11. The predicted octanol–water partition coefficient (Wildman–Crippen LogP) is 1.22.